The van der Waals surface area contributed by atoms with Crippen LogP contribution in [-0.4, -0.2) is 35.1 Å². The summed E-state index contributed by atoms with van der Waals surface area (Å²) in [7, 11) is 0. The van der Waals surface area contributed by atoms with Gasteiger partial charge in [0.1, 0.15) is 0 Å². The number of aryl methyl sites for hydroxylation is 1. The average Bonchev–Trinajstić information content (AvgIpc) is 2.95. The van der Waals surface area contributed by atoms with Gasteiger partial charge in [0.2, 0.25) is 5.91 Å². The number of para-hydroxylation sites is 2. The summed E-state index contributed by atoms with van der Waals surface area (Å²) in [6.07, 6.45) is 4.56. The molecule has 0 bridgehead atoms. The zero-order chi connectivity index (χ0) is 15.4. The Hall–Kier alpha value is -1.30. The van der Waals surface area contributed by atoms with Gasteiger partial charge in [-0.15, -0.1) is 24.8 Å². The number of nitrogens with zero attached hydrogens (tertiary/aromatic N) is 2. The minimum atomic E-state index is 0. The minimum Gasteiger partial charge on any atom is -0.355 e. The summed E-state index contributed by atoms with van der Waals surface area (Å²) in [4.78, 5) is 16.5. The van der Waals surface area contributed by atoms with Gasteiger partial charge in [-0.1, -0.05) is 19.1 Å². The van der Waals surface area contributed by atoms with Crippen molar-refractivity contribution in [3.63, 3.8) is 0 Å². The number of rotatable bonds is 5. The number of carbonyl (C=O) groups excluding carboxylic acids is 1. The van der Waals surface area contributed by atoms with E-state index in [4.69, 9.17) is 0 Å². The SMILES string of the molecule is CC1(CNC(=O)CCn2cnc3ccccc32)CCNCC1.Cl.Cl. The molecule has 2 aromatic rings. The summed E-state index contributed by atoms with van der Waals surface area (Å²) in [5.74, 6) is 0.123. The molecule has 7 heteroatoms. The van der Waals surface area contributed by atoms with Gasteiger partial charge in [-0.3, -0.25) is 4.79 Å². The lowest BCUT2D eigenvalue weighted by atomic mass is 9.81. The van der Waals surface area contributed by atoms with Gasteiger partial charge in [0, 0.05) is 19.5 Å². The second-order valence-electron chi connectivity index (χ2n) is 6.51. The molecular formula is C17H26Cl2N4O. The number of aromatic nitrogens is 2. The fraction of sp³-hybridized carbons (Fsp3) is 0.529. The molecule has 2 heterocycles. The van der Waals surface area contributed by atoms with E-state index in [1.54, 1.807) is 0 Å². The summed E-state index contributed by atoms with van der Waals surface area (Å²) in [6.45, 7) is 5.81. The highest BCUT2D eigenvalue weighted by Crippen LogP contribution is 2.26. The van der Waals surface area contributed by atoms with Crippen LogP contribution in [0.3, 0.4) is 0 Å². The van der Waals surface area contributed by atoms with Gasteiger partial charge in [-0.25, -0.2) is 4.98 Å². The van der Waals surface area contributed by atoms with E-state index in [-0.39, 0.29) is 36.1 Å². The molecule has 0 radical (unpaired) electrons. The third-order valence-electron chi connectivity index (χ3n) is 4.63. The fourth-order valence-corrected chi connectivity index (χ4v) is 3.02. The number of benzene rings is 1. The first-order chi connectivity index (χ1) is 10.7. The predicted octanol–water partition coefficient (Wildman–Crippen LogP) is 2.78. The van der Waals surface area contributed by atoms with E-state index in [0.717, 1.165) is 43.5 Å². The van der Waals surface area contributed by atoms with Crippen LogP contribution < -0.4 is 10.6 Å². The molecule has 5 nitrogen and oxygen atoms in total. The molecule has 1 aromatic carbocycles. The monoisotopic (exact) mass is 372 g/mol. The lowest BCUT2D eigenvalue weighted by Crippen LogP contribution is -2.43. The van der Waals surface area contributed by atoms with E-state index >= 15 is 0 Å². The number of hydrogen-bond donors (Lipinski definition) is 2. The minimum absolute atomic E-state index is 0. The normalized spacial score (nSPS) is 16.0. The van der Waals surface area contributed by atoms with Crippen molar-refractivity contribution in [2.24, 2.45) is 5.41 Å². The van der Waals surface area contributed by atoms with Gasteiger partial charge in [0.25, 0.3) is 0 Å². The number of piperidine rings is 1. The predicted molar refractivity (Wildman–Crippen MR) is 102 cm³/mol. The fourth-order valence-electron chi connectivity index (χ4n) is 3.02. The van der Waals surface area contributed by atoms with Gasteiger partial charge in [0.05, 0.1) is 17.4 Å². The number of amides is 1. The lowest BCUT2D eigenvalue weighted by Gasteiger charge is -2.34. The number of imidazole rings is 1. The molecule has 1 aliphatic heterocycles. The lowest BCUT2D eigenvalue weighted by molar-refractivity contribution is -0.121. The molecule has 1 aliphatic rings. The van der Waals surface area contributed by atoms with E-state index in [1.165, 1.54) is 0 Å². The van der Waals surface area contributed by atoms with Crippen LogP contribution in [0.15, 0.2) is 30.6 Å². The molecule has 0 aliphatic carbocycles. The van der Waals surface area contributed by atoms with Crippen LogP contribution in [0.2, 0.25) is 0 Å². The smallest absolute Gasteiger partial charge is 0.221 e. The van der Waals surface area contributed by atoms with Gasteiger partial charge >= 0.3 is 0 Å². The molecule has 0 unspecified atom stereocenters. The Morgan fingerprint density at radius 1 is 1.29 bits per heavy atom. The molecule has 1 amide bonds. The van der Waals surface area contributed by atoms with Crippen LogP contribution in [0.5, 0.6) is 0 Å². The molecule has 24 heavy (non-hydrogen) atoms. The first-order valence-corrected chi connectivity index (χ1v) is 8.04. The number of carbonyl (C=O) groups is 1. The Kier molecular flexibility index (Phi) is 8.00. The summed E-state index contributed by atoms with van der Waals surface area (Å²) in [5.41, 5.74) is 2.30. The highest BCUT2D eigenvalue weighted by Gasteiger charge is 2.26. The van der Waals surface area contributed by atoms with Crippen molar-refractivity contribution in [1.29, 1.82) is 0 Å². The van der Waals surface area contributed by atoms with E-state index in [1.807, 2.05) is 35.2 Å². The molecule has 0 saturated carbocycles. The Morgan fingerprint density at radius 3 is 2.75 bits per heavy atom. The second kappa shape index (κ2) is 9.25. The zero-order valence-corrected chi connectivity index (χ0v) is 15.6. The molecular weight excluding hydrogens is 347 g/mol. The van der Waals surface area contributed by atoms with Gasteiger partial charge in [-0.2, -0.15) is 0 Å². The number of fused-ring (bicyclic) bond motifs is 1. The van der Waals surface area contributed by atoms with E-state index in [0.29, 0.717) is 13.0 Å². The van der Waals surface area contributed by atoms with Crippen LogP contribution in [0.4, 0.5) is 0 Å². The zero-order valence-electron chi connectivity index (χ0n) is 14.0. The Balaban J connectivity index is 0.00000144. The van der Waals surface area contributed by atoms with Crippen molar-refractivity contribution < 1.29 is 4.79 Å². The van der Waals surface area contributed by atoms with Crippen LogP contribution in [0.1, 0.15) is 26.2 Å². The molecule has 134 valence electrons. The van der Waals surface area contributed by atoms with Gasteiger partial charge in [0.15, 0.2) is 0 Å². The Bertz CT molecular complexity index is 653. The molecule has 3 rings (SSSR count). The third kappa shape index (κ3) is 5.10. The molecule has 1 aromatic heterocycles. The average molecular weight is 373 g/mol. The summed E-state index contributed by atoms with van der Waals surface area (Å²) in [6, 6.07) is 8.00. The van der Waals surface area contributed by atoms with Crippen LogP contribution >= 0.6 is 24.8 Å². The van der Waals surface area contributed by atoms with Gasteiger partial charge in [-0.05, 0) is 43.5 Å². The number of nitrogens with one attached hydrogen (secondary N) is 2. The van der Waals surface area contributed by atoms with Crippen molar-refractivity contribution in [3.05, 3.63) is 30.6 Å². The summed E-state index contributed by atoms with van der Waals surface area (Å²) in [5, 5.41) is 6.47. The van der Waals surface area contributed by atoms with Gasteiger partial charge < -0.3 is 15.2 Å². The maximum atomic E-state index is 12.1. The first kappa shape index (κ1) is 20.7. The highest BCUT2D eigenvalue weighted by atomic mass is 35.5. The largest absolute Gasteiger partial charge is 0.355 e. The quantitative estimate of drug-likeness (QED) is 0.848. The van der Waals surface area contributed by atoms with Crippen LogP contribution in [-0.2, 0) is 11.3 Å². The van der Waals surface area contributed by atoms with E-state index in [9.17, 15) is 4.79 Å². The van der Waals surface area contributed by atoms with E-state index in [2.05, 4.69) is 22.5 Å². The highest BCUT2D eigenvalue weighted by molar-refractivity contribution is 5.85. The van der Waals surface area contributed by atoms with Crippen LogP contribution in [0.25, 0.3) is 11.0 Å². The van der Waals surface area contributed by atoms with Crippen LogP contribution in [0, 0.1) is 5.41 Å². The van der Waals surface area contributed by atoms with Crippen molar-refractivity contribution in [2.75, 3.05) is 19.6 Å². The third-order valence-corrected chi connectivity index (χ3v) is 4.63. The van der Waals surface area contributed by atoms with Crippen molar-refractivity contribution >= 4 is 41.8 Å². The topological polar surface area (TPSA) is 59.0 Å². The molecule has 0 spiro atoms. The molecule has 0 atom stereocenters. The summed E-state index contributed by atoms with van der Waals surface area (Å²) >= 11 is 0. The number of halogens is 2. The standard InChI is InChI=1S/C17H24N4O.2ClH/c1-17(7-9-18-10-8-17)12-19-16(22)6-11-21-13-20-14-4-2-3-5-15(14)21;;/h2-5,13,18H,6-12H2,1H3,(H,19,22);2*1H. The van der Waals surface area contributed by atoms with Crippen molar-refractivity contribution in [2.45, 2.75) is 32.7 Å². The molecule has 1 fully saturated rings. The maximum absolute atomic E-state index is 12.1. The molecule has 1 saturated heterocycles. The molecule has 2 N–H and O–H groups in total. The maximum Gasteiger partial charge on any atom is 0.221 e. The Morgan fingerprint density at radius 2 is 2.00 bits per heavy atom. The first-order valence-electron chi connectivity index (χ1n) is 8.04. The van der Waals surface area contributed by atoms with Crippen molar-refractivity contribution in [3.8, 4) is 0 Å². The number of hydrogen-bond acceptors (Lipinski definition) is 3. The Labute approximate surface area is 155 Å². The summed E-state index contributed by atoms with van der Waals surface area (Å²) < 4.78 is 2.04. The van der Waals surface area contributed by atoms with Crippen molar-refractivity contribution in [1.82, 2.24) is 20.2 Å². The van der Waals surface area contributed by atoms with E-state index < -0.39 is 0 Å². The second-order valence-corrected chi connectivity index (χ2v) is 6.51.